The van der Waals surface area contributed by atoms with Crippen LogP contribution in [0.25, 0.3) is 10.1 Å². The Hall–Kier alpha value is -1.20. The molecule has 0 bridgehead atoms. The summed E-state index contributed by atoms with van der Waals surface area (Å²) in [6.07, 6.45) is 0. The predicted octanol–water partition coefficient (Wildman–Crippen LogP) is 3.21. The summed E-state index contributed by atoms with van der Waals surface area (Å²) in [7, 11) is 0. The summed E-state index contributed by atoms with van der Waals surface area (Å²) in [5.74, 6) is -0.203. The van der Waals surface area contributed by atoms with Crippen LogP contribution in [0.1, 0.15) is 23.5 Å². The zero-order valence-corrected chi connectivity index (χ0v) is 11.2. The number of fused-ring (bicyclic) bond motifs is 1. The van der Waals surface area contributed by atoms with Gasteiger partial charge < -0.3 is 10.8 Å². The van der Waals surface area contributed by atoms with Crippen LogP contribution in [-0.4, -0.2) is 16.3 Å². The van der Waals surface area contributed by atoms with Crippen LogP contribution in [0, 0.1) is 0 Å². The number of carbonyl (C=O) groups is 1. The average molecular weight is 267 g/mol. The van der Waals surface area contributed by atoms with E-state index in [1.807, 2.05) is 6.07 Å². The average Bonchev–Trinajstić information content (AvgIpc) is 2.56. The first-order chi connectivity index (χ1) is 7.99. The number of thiophene rings is 1. The topological polar surface area (TPSA) is 63.3 Å². The molecule has 0 atom stereocenters. The molecule has 1 aromatic heterocycles. The number of nitrogens with two attached hydrogens (primary N) is 1. The number of primary amides is 1. The summed E-state index contributed by atoms with van der Waals surface area (Å²) in [5, 5.41) is 10.8. The highest BCUT2D eigenvalue weighted by Crippen LogP contribution is 2.40. The molecular weight excluding hydrogens is 254 g/mol. The van der Waals surface area contributed by atoms with E-state index in [9.17, 15) is 9.90 Å². The predicted molar refractivity (Wildman–Crippen MR) is 73.0 cm³/mol. The molecule has 2 rings (SSSR count). The van der Waals surface area contributed by atoms with Crippen molar-refractivity contribution >= 4 is 39.1 Å². The Balaban J connectivity index is 2.68. The first kappa shape index (κ1) is 12.3. The van der Waals surface area contributed by atoms with E-state index in [2.05, 4.69) is 13.8 Å². The van der Waals surface area contributed by atoms with Crippen LogP contribution < -0.4 is 5.73 Å². The van der Waals surface area contributed by atoms with Crippen LogP contribution in [0.5, 0.6) is 5.75 Å². The lowest BCUT2D eigenvalue weighted by atomic mass is 10.2. The largest absolute Gasteiger partial charge is 0.508 e. The first-order valence-corrected chi connectivity index (χ1v) is 6.90. The highest BCUT2D eigenvalue weighted by atomic mass is 32.2. The van der Waals surface area contributed by atoms with Crippen LogP contribution in [0.2, 0.25) is 0 Å². The van der Waals surface area contributed by atoms with E-state index in [1.165, 1.54) is 11.3 Å². The first-order valence-electron chi connectivity index (χ1n) is 5.21. The second-order valence-corrected chi connectivity index (χ2v) is 6.61. The van der Waals surface area contributed by atoms with E-state index in [4.69, 9.17) is 5.73 Å². The normalized spacial score (nSPS) is 11.2. The lowest BCUT2D eigenvalue weighted by molar-refractivity contribution is 0.100. The maximum atomic E-state index is 11.4. The molecule has 17 heavy (non-hydrogen) atoms. The van der Waals surface area contributed by atoms with Gasteiger partial charge in [-0.15, -0.1) is 23.1 Å². The molecule has 90 valence electrons. The summed E-state index contributed by atoms with van der Waals surface area (Å²) >= 11 is 2.97. The van der Waals surface area contributed by atoms with E-state index in [-0.39, 0.29) is 5.75 Å². The number of hydrogen-bond acceptors (Lipinski definition) is 4. The fourth-order valence-electron chi connectivity index (χ4n) is 1.58. The Morgan fingerprint density at radius 1 is 1.47 bits per heavy atom. The molecule has 0 aliphatic carbocycles. The number of hydrogen-bond donors (Lipinski definition) is 2. The summed E-state index contributed by atoms with van der Waals surface area (Å²) < 4.78 is 0.972. The van der Waals surface area contributed by atoms with Gasteiger partial charge in [0.15, 0.2) is 0 Å². The van der Waals surface area contributed by atoms with Gasteiger partial charge in [-0.25, -0.2) is 0 Å². The molecule has 5 heteroatoms. The fraction of sp³-hybridized carbons (Fsp3) is 0.250. The zero-order valence-electron chi connectivity index (χ0n) is 9.56. The van der Waals surface area contributed by atoms with E-state index >= 15 is 0 Å². The van der Waals surface area contributed by atoms with E-state index in [0.717, 1.165) is 15.0 Å². The standard InChI is InChI=1S/C12H13NO2S2/c1-6(2)16-10-8-5-7(14)3-4-9(8)17-11(10)12(13)15/h3-6,14H,1-2H3,(H2,13,15). The minimum Gasteiger partial charge on any atom is -0.508 e. The van der Waals surface area contributed by atoms with E-state index in [1.54, 1.807) is 23.9 Å². The van der Waals surface area contributed by atoms with Crippen molar-refractivity contribution in [2.45, 2.75) is 24.0 Å². The monoisotopic (exact) mass is 267 g/mol. The quantitative estimate of drug-likeness (QED) is 0.839. The van der Waals surface area contributed by atoms with Gasteiger partial charge in [-0.3, -0.25) is 4.79 Å². The van der Waals surface area contributed by atoms with Crippen LogP contribution in [0.4, 0.5) is 0 Å². The third-order valence-corrected chi connectivity index (χ3v) is 4.65. The van der Waals surface area contributed by atoms with Crippen LogP contribution in [0.15, 0.2) is 23.1 Å². The van der Waals surface area contributed by atoms with Crippen LogP contribution in [-0.2, 0) is 0 Å². The highest BCUT2D eigenvalue weighted by Gasteiger charge is 2.18. The molecule has 1 heterocycles. The Kier molecular flexibility index (Phi) is 3.31. The van der Waals surface area contributed by atoms with Crippen molar-refractivity contribution in [3.8, 4) is 5.75 Å². The SMILES string of the molecule is CC(C)Sc1c(C(N)=O)sc2ccc(O)cc12. The molecule has 0 fully saturated rings. The van der Waals surface area contributed by atoms with Gasteiger partial charge in [-0.1, -0.05) is 13.8 Å². The summed E-state index contributed by atoms with van der Waals surface area (Å²) in [4.78, 5) is 12.9. The van der Waals surface area contributed by atoms with Gasteiger partial charge >= 0.3 is 0 Å². The Morgan fingerprint density at radius 2 is 2.18 bits per heavy atom. The maximum Gasteiger partial charge on any atom is 0.259 e. The van der Waals surface area contributed by atoms with Gasteiger partial charge in [0, 0.05) is 20.2 Å². The second kappa shape index (κ2) is 4.58. The molecule has 0 saturated carbocycles. The molecular formula is C12H13NO2S2. The third-order valence-electron chi connectivity index (χ3n) is 2.20. The van der Waals surface area contributed by atoms with Crippen molar-refractivity contribution in [1.82, 2.24) is 0 Å². The van der Waals surface area contributed by atoms with E-state index < -0.39 is 5.91 Å². The number of phenols is 1. The fourth-order valence-corrected chi connectivity index (χ4v) is 3.82. The van der Waals surface area contributed by atoms with Crippen molar-refractivity contribution in [3.63, 3.8) is 0 Å². The highest BCUT2D eigenvalue weighted by molar-refractivity contribution is 8.00. The minimum absolute atomic E-state index is 0.205. The number of thioether (sulfide) groups is 1. The van der Waals surface area contributed by atoms with Crippen molar-refractivity contribution in [2.75, 3.05) is 0 Å². The van der Waals surface area contributed by atoms with Gasteiger partial charge in [0.1, 0.15) is 10.6 Å². The molecule has 3 nitrogen and oxygen atoms in total. The zero-order chi connectivity index (χ0) is 12.6. The Labute approximate surface area is 108 Å². The molecule has 0 unspecified atom stereocenters. The maximum absolute atomic E-state index is 11.4. The van der Waals surface area contributed by atoms with E-state index in [0.29, 0.717) is 10.1 Å². The molecule has 0 aliphatic rings. The molecule has 0 aliphatic heterocycles. The number of phenolic OH excluding ortho intramolecular Hbond substituents is 1. The third kappa shape index (κ3) is 2.40. The molecule has 3 N–H and O–H groups in total. The van der Waals surface area contributed by atoms with Crippen LogP contribution >= 0.6 is 23.1 Å². The summed E-state index contributed by atoms with van der Waals surface area (Å²) in [5.41, 5.74) is 5.39. The lowest BCUT2D eigenvalue weighted by Gasteiger charge is -2.05. The second-order valence-electron chi connectivity index (χ2n) is 3.97. The van der Waals surface area contributed by atoms with Gasteiger partial charge in [-0.05, 0) is 18.2 Å². The van der Waals surface area contributed by atoms with Crippen molar-refractivity contribution in [3.05, 3.63) is 23.1 Å². The molecule has 0 saturated heterocycles. The summed E-state index contributed by atoms with van der Waals surface area (Å²) in [6.45, 7) is 4.11. The number of rotatable bonds is 3. The number of carbonyl (C=O) groups excluding carboxylic acids is 1. The Morgan fingerprint density at radius 3 is 2.76 bits per heavy atom. The summed E-state index contributed by atoms with van der Waals surface area (Å²) in [6, 6.07) is 5.11. The molecule has 2 aromatic rings. The van der Waals surface area contributed by atoms with Crippen molar-refractivity contribution in [2.24, 2.45) is 5.73 Å². The van der Waals surface area contributed by atoms with Crippen molar-refractivity contribution < 1.29 is 9.90 Å². The number of amides is 1. The lowest BCUT2D eigenvalue weighted by Crippen LogP contribution is -2.10. The van der Waals surface area contributed by atoms with Gasteiger partial charge in [0.2, 0.25) is 0 Å². The number of aromatic hydroxyl groups is 1. The molecule has 1 amide bonds. The van der Waals surface area contributed by atoms with Crippen LogP contribution in [0.3, 0.4) is 0 Å². The van der Waals surface area contributed by atoms with Crippen molar-refractivity contribution in [1.29, 1.82) is 0 Å². The van der Waals surface area contributed by atoms with Gasteiger partial charge in [0.25, 0.3) is 5.91 Å². The molecule has 0 spiro atoms. The van der Waals surface area contributed by atoms with Gasteiger partial charge in [0.05, 0.1) is 0 Å². The smallest absolute Gasteiger partial charge is 0.259 e. The molecule has 0 radical (unpaired) electrons. The molecule has 1 aromatic carbocycles. The number of benzene rings is 1. The minimum atomic E-state index is -0.408. The van der Waals surface area contributed by atoms with Gasteiger partial charge in [-0.2, -0.15) is 0 Å². The Bertz CT molecular complexity index is 575.